The summed E-state index contributed by atoms with van der Waals surface area (Å²) in [5, 5.41) is 15.5. The summed E-state index contributed by atoms with van der Waals surface area (Å²) in [7, 11) is 0. The zero-order valence-corrected chi connectivity index (χ0v) is 8.27. The molecule has 90 valence electrons. The van der Waals surface area contributed by atoms with E-state index >= 15 is 0 Å². The number of benzene rings is 1. The van der Waals surface area contributed by atoms with Crippen LogP contribution in [0, 0.1) is 0 Å². The van der Waals surface area contributed by atoms with Crippen molar-refractivity contribution in [3.8, 4) is 0 Å². The molecule has 0 unspecified atom stereocenters. The van der Waals surface area contributed by atoms with Gasteiger partial charge in [-0.25, -0.2) is 9.48 Å². The smallest absolute Gasteiger partial charge is 0.408 e. The minimum atomic E-state index is -4.40. The molecule has 1 N–H and O–H groups in total. The first-order valence-corrected chi connectivity index (χ1v) is 4.50. The standard InChI is InChI=1S/C9H6F3N3O2/c10-9(11,12)4-15-7-2-1-5(8(16)17)3-6(7)13-14-15/h1-3H,4H2,(H,16,17). The van der Waals surface area contributed by atoms with Crippen LogP contribution in [0.1, 0.15) is 10.4 Å². The van der Waals surface area contributed by atoms with E-state index in [-0.39, 0.29) is 16.6 Å². The van der Waals surface area contributed by atoms with Crippen molar-refractivity contribution in [2.45, 2.75) is 12.7 Å². The van der Waals surface area contributed by atoms with Crippen molar-refractivity contribution < 1.29 is 23.1 Å². The van der Waals surface area contributed by atoms with E-state index in [0.717, 1.165) is 0 Å². The van der Waals surface area contributed by atoms with Crippen molar-refractivity contribution in [2.75, 3.05) is 0 Å². The van der Waals surface area contributed by atoms with Gasteiger partial charge in [0, 0.05) is 0 Å². The number of carboxylic acid groups (broad SMARTS) is 1. The molecule has 0 saturated heterocycles. The molecule has 0 spiro atoms. The Labute approximate surface area is 92.5 Å². The van der Waals surface area contributed by atoms with Crippen molar-refractivity contribution in [1.82, 2.24) is 15.0 Å². The lowest BCUT2D eigenvalue weighted by molar-refractivity contribution is -0.142. The quantitative estimate of drug-likeness (QED) is 0.874. The molecule has 8 heteroatoms. The van der Waals surface area contributed by atoms with Crippen LogP contribution in [0.2, 0.25) is 0 Å². The van der Waals surface area contributed by atoms with Crippen molar-refractivity contribution in [1.29, 1.82) is 0 Å². The molecule has 0 fully saturated rings. The van der Waals surface area contributed by atoms with Crippen LogP contribution < -0.4 is 0 Å². The first-order valence-electron chi connectivity index (χ1n) is 4.50. The van der Waals surface area contributed by atoms with Gasteiger partial charge in [-0.15, -0.1) is 5.10 Å². The molecule has 5 nitrogen and oxygen atoms in total. The Kier molecular flexibility index (Phi) is 2.49. The first-order chi connectivity index (χ1) is 7.87. The van der Waals surface area contributed by atoms with Gasteiger partial charge in [-0.2, -0.15) is 13.2 Å². The lowest BCUT2D eigenvalue weighted by Crippen LogP contribution is -2.18. The Morgan fingerprint density at radius 1 is 1.41 bits per heavy atom. The molecule has 17 heavy (non-hydrogen) atoms. The predicted molar refractivity (Wildman–Crippen MR) is 50.5 cm³/mol. The lowest BCUT2D eigenvalue weighted by Gasteiger charge is -2.06. The fourth-order valence-electron chi connectivity index (χ4n) is 1.39. The van der Waals surface area contributed by atoms with Gasteiger partial charge in [-0.1, -0.05) is 5.21 Å². The second kappa shape index (κ2) is 3.72. The highest BCUT2D eigenvalue weighted by Gasteiger charge is 2.29. The average molecular weight is 245 g/mol. The number of fused-ring (bicyclic) bond motifs is 1. The molecule has 0 aliphatic carbocycles. The van der Waals surface area contributed by atoms with Gasteiger partial charge in [0.05, 0.1) is 11.1 Å². The number of carbonyl (C=O) groups is 1. The maximum absolute atomic E-state index is 12.2. The third kappa shape index (κ3) is 2.35. The molecule has 2 rings (SSSR count). The number of aromatic nitrogens is 3. The van der Waals surface area contributed by atoms with Gasteiger partial charge in [0.15, 0.2) is 0 Å². The SMILES string of the molecule is O=C(O)c1ccc2c(c1)nnn2CC(F)(F)F. The number of alkyl halides is 3. The van der Waals surface area contributed by atoms with Crippen LogP contribution in [0.3, 0.4) is 0 Å². The number of nitrogens with zero attached hydrogens (tertiary/aromatic N) is 3. The summed E-state index contributed by atoms with van der Waals surface area (Å²) in [6.45, 7) is -1.25. The second-order valence-electron chi connectivity index (χ2n) is 3.37. The molecule has 1 aromatic carbocycles. The van der Waals surface area contributed by atoms with E-state index in [2.05, 4.69) is 10.3 Å². The zero-order chi connectivity index (χ0) is 12.6. The summed E-state index contributed by atoms with van der Waals surface area (Å²) in [4.78, 5) is 10.6. The van der Waals surface area contributed by atoms with Crippen LogP contribution in [0.25, 0.3) is 11.0 Å². The van der Waals surface area contributed by atoms with Crippen LogP contribution >= 0.6 is 0 Å². The van der Waals surface area contributed by atoms with E-state index < -0.39 is 18.7 Å². The highest BCUT2D eigenvalue weighted by Crippen LogP contribution is 2.20. The van der Waals surface area contributed by atoms with Crippen molar-refractivity contribution in [3.63, 3.8) is 0 Å². The monoisotopic (exact) mass is 245 g/mol. The van der Waals surface area contributed by atoms with E-state index in [9.17, 15) is 18.0 Å². The Morgan fingerprint density at radius 3 is 2.71 bits per heavy atom. The normalized spacial score (nSPS) is 11.9. The van der Waals surface area contributed by atoms with E-state index in [4.69, 9.17) is 5.11 Å². The fourth-order valence-corrected chi connectivity index (χ4v) is 1.39. The van der Waals surface area contributed by atoms with Gasteiger partial charge in [-0.3, -0.25) is 0 Å². The van der Waals surface area contributed by atoms with Crippen LogP contribution in [-0.4, -0.2) is 32.2 Å². The molecule has 0 amide bonds. The van der Waals surface area contributed by atoms with Crippen molar-refractivity contribution >= 4 is 17.0 Å². The fraction of sp³-hybridized carbons (Fsp3) is 0.222. The maximum Gasteiger partial charge on any atom is 0.408 e. The summed E-state index contributed by atoms with van der Waals surface area (Å²) >= 11 is 0. The summed E-state index contributed by atoms with van der Waals surface area (Å²) in [5.74, 6) is -1.17. The summed E-state index contributed by atoms with van der Waals surface area (Å²) in [5.41, 5.74) is 0.220. The van der Waals surface area contributed by atoms with Gasteiger partial charge in [0.25, 0.3) is 0 Å². The van der Waals surface area contributed by atoms with E-state index in [1.54, 1.807) is 0 Å². The molecule has 0 aliphatic heterocycles. The molecular weight excluding hydrogens is 239 g/mol. The van der Waals surface area contributed by atoms with E-state index in [0.29, 0.717) is 4.68 Å². The van der Waals surface area contributed by atoms with Gasteiger partial charge in [-0.05, 0) is 18.2 Å². The van der Waals surface area contributed by atoms with Crippen molar-refractivity contribution in [2.24, 2.45) is 0 Å². The average Bonchev–Trinajstić information content (AvgIpc) is 2.58. The van der Waals surface area contributed by atoms with Gasteiger partial charge >= 0.3 is 12.1 Å². The molecule has 0 radical (unpaired) electrons. The molecular formula is C9H6F3N3O2. The predicted octanol–water partition coefficient (Wildman–Crippen LogP) is 1.69. The number of hydrogen-bond donors (Lipinski definition) is 1. The Morgan fingerprint density at radius 2 is 2.12 bits per heavy atom. The summed E-state index contributed by atoms with van der Waals surface area (Å²) < 4.78 is 37.2. The first kappa shape index (κ1) is 11.4. The highest BCUT2D eigenvalue weighted by molar-refractivity contribution is 5.92. The number of rotatable bonds is 2. The third-order valence-electron chi connectivity index (χ3n) is 2.09. The zero-order valence-electron chi connectivity index (χ0n) is 8.27. The highest BCUT2D eigenvalue weighted by atomic mass is 19.4. The third-order valence-corrected chi connectivity index (χ3v) is 2.09. The minimum absolute atomic E-state index is 0.0449. The largest absolute Gasteiger partial charge is 0.478 e. The van der Waals surface area contributed by atoms with E-state index in [1.807, 2.05) is 0 Å². The number of aromatic carboxylic acids is 1. The lowest BCUT2D eigenvalue weighted by atomic mass is 10.2. The molecule has 1 heterocycles. The van der Waals surface area contributed by atoms with Crippen molar-refractivity contribution in [3.05, 3.63) is 23.8 Å². The Hall–Kier alpha value is -2.12. The summed E-state index contributed by atoms with van der Waals surface area (Å²) in [6.07, 6.45) is -4.40. The molecule has 1 aromatic heterocycles. The van der Waals surface area contributed by atoms with Gasteiger partial charge in [0.1, 0.15) is 12.1 Å². The number of hydrogen-bond acceptors (Lipinski definition) is 3. The topological polar surface area (TPSA) is 68.0 Å². The van der Waals surface area contributed by atoms with Crippen LogP contribution in [0.5, 0.6) is 0 Å². The second-order valence-corrected chi connectivity index (χ2v) is 3.37. The summed E-state index contributed by atoms with van der Waals surface area (Å²) in [6, 6.07) is 3.64. The van der Waals surface area contributed by atoms with Gasteiger partial charge < -0.3 is 5.11 Å². The molecule has 0 aliphatic rings. The van der Waals surface area contributed by atoms with Gasteiger partial charge in [0.2, 0.25) is 0 Å². The Balaban J connectivity index is 2.45. The minimum Gasteiger partial charge on any atom is -0.478 e. The van der Waals surface area contributed by atoms with Crippen LogP contribution in [0.15, 0.2) is 18.2 Å². The molecule has 2 aromatic rings. The molecule has 0 saturated carbocycles. The Bertz CT molecular complexity index is 576. The molecule has 0 bridgehead atoms. The maximum atomic E-state index is 12.2. The van der Waals surface area contributed by atoms with Crippen LogP contribution in [0.4, 0.5) is 13.2 Å². The van der Waals surface area contributed by atoms with E-state index in [1.165, 1.54) is 18.2 Å². The molecule has 0 atom stereocenters. The van der Waals surface area contributed by atoms with Crippen LogP contribution in [-0.2, 0) is 6.54 Å². The number of carboxylic acids is 1. The number of halogens is 3.